The largest absolute Gasteiger partial charge is 0.323 e. The van der Waals surface area contributed by atoms with Crippen LogP contribution in [-0.2, 0) is 4.79 Å². The molecule has 0 aromatic heterocycles. The number of amides is 1. The minimum atomic E-state index is -0.0983. The third-order valence-corrected chi connectivity index (χ3v) is 3.64. The summed E-state index contributed by atoms with van der Waals surface area (Å²) in [6.45, 7) is 0.907. The molecule has 2 N–H and O–H groups in total. The van der Waals surface area contributed by atoms with Crippen LogP contribution < -0.4 is 10.6 Å². The van der Waals surface area contributed by atoms with Crippen LogP contribution in [-0.4, -0.2) is 18.5 Å². The van der Waals surface area contributed by atoms with Crippen LogP contribution in [0.25, 0.3) is 0 Å². The molecule has 1 aliphatic rings. The number of hydrogen-bond donors (Lipinski definition) is 2. The van der Waals surface area contributed by atoms with Crippen molar-refractivity contribution in [2.75, 3.05) is 11.9 Å². The first-order chi connectivity index (χ1) is 8.16. The lowest BCUT2D eigenvalue weighted by molar-refractivity contribution is -0.118. The number of nitrogens with one attached hydrogen (secondary N) is 2. The molecule has 17 heavy (non-hydrogen) atoms. The van der Waals surface area contributed by atoms with Crippen molar-refractivity contribution in [2.45, 2.75) is 25.3 Å². The molecular formula is C12H14BrClN2O. The molecule has 92 valence electrons. The first kappa shape index (κ1) is 12.9. The van der Waals surface area contributed by atoms with E-state index in [9.17, 15) is 4.79 Å². The van der Waals surface area contributed by atoms with Crippen molar-refractivity contribution in [1.29, 1.82) is 0 Å². The van der Waals surface area contributed by atoms with Crippen molar-refractivity contribution in [3.05, 3.63) is 27.7 Å². The highest BCUT2D eigenvalue weighted by molar-refractivity contribution is 9.10. The van der Waals surface area contributed by atoms with Gasteiger partial charge in [0.1, 0.15) is 0 Å². The van der Waals surface area contributed by atoms with Gasteiger partial charge in [0, 0.05) is 4.47 Å². The Balaban J connectivity index is 2.04. The van der Waals surface area contributed by atoms with E-state index in [0.717, 1.165) is 30.3 Å². The molecule has 0 radical (unpaired) electrons. The Labute approximate surface area is 114 Å². The lowest BCUT2D eigenvalue weighted by Crippen LogP contribution is -2.43. The normalized spacial score (nSPS) is 20.0. The van der Waals surface area contributed by atoms with Crippen LogP contribution in [0.1, 0.15) is 19.3 Å². The Morgan fingerprint density at radius 3 is 3.00 bits per heavy atom. The van der Waals surface area contributed by atoms with Crippen LogP contribution in [0.3, 0.4) is 0 Å². The minimum absolute atomic E-state index is 0.00954. The van der Waals surface area contributed by atoms with Gasteiger partial charge in [0.15, 0.2) is 0 Å². The molecule has 1 aromatic carbocycles. The van der Waals surface area contributed by atoms with E-state index in [0.29, 0.717) is 10.7 Å². The van der Waals surface area contributed by atoms with Gasteiger partial charge in [-0.15, -0.1) is 0 Å². The zero-order valence-electron chi connectivity index (χ0n) is 9.30. The average molecular weight is 318 g/mol. The summed E-state index contributed by atoms with van der Waals surface area (Å²) >= 11 is 9.38. The van der Waals surface area contributed by atoms with Crippen molar-refractivity contribution < 1.29 is 4.79 Å². The molecule has 1 aliphatic heterocycles. The molecule has 1 fully saturated rings. The number of piperidine rings is 1. The van der Waals surface area contributed by atoms with E-state index in [-0.39, 0.29) is 11.9 Å². The summed E-state index contributed by atoms with van der Waals surface area (Å²) in [5.74, 6) is -0.00954. The second-order valence-corrected chi connectivity index (χ2v) is 5.44. The van der Waals surface area contributed by atoms with Gasteiger partial charge < -0.3 is 10.6 Å². The smallest absolute Gasteiger partial charge is 0.241 e. The monoisotopic (exact) mass is 316 g/mol. The molecule has 1 amide bonds. The quantitative estimate of drug-likeness (QED) is 0.879. The Hall–Kier alpha value is -0.580. The lowest BCUT2D eigenvalue weighted by atomic mass is 10.0. The van der Waals surface area contributed by atoms with Gasteiger partial charge in [0.2, 0.25) is 5.91 Å². The Morgan fingerprint density at radius 1 is 1.47 bits per heavy atom. The highest BCUT2D eigenvalue weighted by atomic mass is 79.9. The molecule has 1 heterocycles. The summed E-state index contributed by atoms with van der Waals surface area (Å²) in [6, 6.07) is 5.31. The zero-order valence-corrected chi connectivity index (χ0v) is 11.6. The van der Waals surface area contributed by atoms with Gasteiger partial charge in [-0.25, -0.2) is 0 Å². The Morgan fingerprint density at radius 2 is 2.29 bits per heavy atom. The van der Waals surface area contributed by atoms with Crippen molar-refractivity contribution in [1.82, 2.24) is 5.32 Å². The summed E-state index contributed by atoms with van der Waals surface area (Å²) in [5, 5.41) is 6.62. The molecule has 0 spiro atoms. The predicted molar refractivity (Wildman–Crippen MR) is 73.4 cm³/mol. The van der Waals surface area contributed by atoms with Crippen LogP contribution in [0.15, 0.2) is 22.7 Å². The van der Waals surface area contributed by atoms with Gasteiger partial charge in [-0.2, -0.15) is 0 Å². The van der Waals surface area contributed by atoms with Crippen LogP contribution >= 0.6 is 27.5 Å². The number of rotatable bonds is 2. The third-order valence-electron chi connectivity index (χ3n) is 2.81. The fourth-order valence-corrected chi connectivity index (χ4v) is 2.41. The van der Waals surface area contributed by atoms with E-state index in [2.05, 4.69) is 26.6 Å². The highest BCUT2D eigenvalue weighted by Crippen LogP contribution is 2.26. The third kappa shape index (κ3) is 3.44. The first-order valence-corrected chi connectivity index (χ1v) is 6.83. The van der Waals surface area contributed by atoms with E-state index in [1.807, 2.05) is 12.1 Å². The standard InChI is InChI=1S/C12H14BrClN2O/c13-8-4-5-9(14)11(7-8)16-12(17)10-3-1-2-6-15-10/h4-5,7,10,15H,1-3,6H2,(H,16,17). The van der Waals surface area contributed by atoms with Crippen LogP contribution in [0.5, 0.6) is 0 Å². The summed E-state index contributed by atoms with van der Waals surface area (Å²) in [7, 11) is 0. The molecule has 1 aromatic rings. The topological polar surface area (TPSA) is 41.1 Å². The van der Waals surface area contributed by atoms with Gasteiger partial charge in [-0.3, -0.25) is 4.79 Å². The van der Waals surface area contributed by atoms with Crippen LogP contribution in [0, 0.1) is 0 Å². The lowest BCUT2D eigenvalue weighted by Gasteiger charge is -2.22. The minimum Gasteiger partial charge on any atom is -0.323 e. The van der Waals surface area contributed by atoms with Crippen molar-refractivity contribution >= 4 is 39.1 Å². The number of anilines is 1. The number of carbonyl (C=O) groups excluding carboxylic acids is 1. The second-order valence-electron chi connectivity index (χ2n) is 4.12. The van der Waals surface area contributed by atoms with Gasteiger partial charge in [-0.05, 0) is 37.6 Å². The molecule has 1 atom stereocenters. The van der Waals surface area contributed by atoms with Gasteiger partial charge in [-0.1, -0.05) is 34.0 Å². The maximum atomic E-state index is 12.0. The number of halogens is 2. The second kappa shape index (κ2) is 5.85. The van der Waals surface area contributed by atoms with Crippen molar-refractivity contribution in [2.24, 2.45) is 0 Å². The summed E-state index contributed by atoms with van der Waals surface area (Å²) < 4.78 is 0.897. The zero-order chi connectivity index (χ0) is 12.3. The van der Waals surface area contributed by atoms with E-state index in [1.165, 1.54) is 0 Å². The number of carbonyl (C=O) groups is 1. The number of hydrogen-bond acceptors (Lipinski definition) is 2. The Bertz CT molecular complexity index is 419. The fraction of sp³-hybridized carbons (Fsp3) is 0.417. The van der Waals surface area contributed by atoms with Gasteiger partial charge >= 0.3 is 0 Å². The summed E-state index contributed by atoms with van der Waals surface area (Å²) in [6.07, 6.45) is 3.12. The fourth-order valence-electron chi connectivity index (χ4n) is 1.89. The summed E-state index contributed by atoms with van der Waals surface area (Å²) in [5.41, 5.74) is 0.651. The molecule has 1 unspecified atom stereocenters. The molecular weight excluding hydrogens is 304 g/mol. The van der Waals surface area contributed by atoms with E-state index in [1.54, 1.807) is 6.07 Å². The predicted octanol–water partition coefficient (Wildman–Crippen LogP) is 3.18. The molecule has 0 saturated carbocycles. The maximum Gasteiger partial charge on any atom is 0.241 e. The molecule has 0 aliphatic carbocycles. The SMILES string of the molecule is O=C(Nc1cc(Br)ccc1Cl)C1CCCCN1. The maximum absolute atomic E-state index is 12.0. The molecule has 2 rings (SSSR count). The molecule has 5 heteroatoms. The van der Waals surface area contributed by atoms with Crippen LogP contribution in [0.4, 0.5) is 5.69 Å². The van der Waals surface area contributed by atoms with E-state index >= 15 is 0 Å². The molecule has 3 nitrogen and oxygen atoms in total. The van der Waals surface area contributed by atoms with E-state index in [4.69, 9.17) is 11.6 Å². The number of benzene rings is 1. The van der Waals surface area contributed by atoms with Gasteiger partial charge in [0.25, 0.3) is 0 Å². The van der Waals surface area contributed by atoms with Gasteiger partial charge in [0.05, 0.1) is 16.8 Å². The highest BCUT2D eigenvalue weighted by Gasteiger charge is 2.20. The van der Waals surface area contributed by atoms with Crippen molar-refractivity contribution in [3.8, 4) is 0 Å². The molecule has 1 saturated heterocycles. The molecule has 0 bridgehead atoms. The first-order valence-electron chi connectivity index (χ1n) is 5.66. The Kier molecular flexibility index (Phi) is 4.42. The van der Waals surface area contributed by atoms with E-state index < -0.39 is 0 Å². The van der Waals surface area contributed by atoms with Crippen LogP contribution in [0.2, 0.25) is 5.02 Å². The average Bonchev–Trinajstić information content (AvgIpc) is 2.35. The summed E-state index contributed by atoms with van der Waals surface area (Å²) in [4.78, 5) is 12.0. The van der Waals surface area contributed by atoms with Crippen molar-refractivity contribution in [3.63, 3.8) is 0 Å².